The van der Waals surface area contributed by atoms with Crippen LogP contribution in [0, 0.1) is 5.92 Å². The Labute approximate surface area is 132 Å². The van der Waals surface area contributed by atoms with Gasteiger partial charge < -0.3 is 10.1 Å². The minimum Gasteiger partial charge on any atom is -0.473 e. The van der Waals surface area contributed by atoms with E-state index in [2.05, 4.69) is 28.2 Å². The molecule has 22 heavy (non-hydrogen) atoms. The van der Waals surface area contributed by atoms with Crippen LogP contribution >= 0.6 is 0 Å². The van der Waals surface area contributed by atoms with Gasteiger partial charge in [-0.15, -0.1) is 0 Å². The average molecular weight is 299 g/mol. The number of ether oxygens (including phenoxy) is 1. The number of benzene rings is 1. The zero-order valence-electron chi connectivity index (χ0n) is 13.3. The first-order valence-electron chi connectivity index (χ1n) is 8.23. The van der Waals surface area contributed by atoms with Gasteiger partial charge in [-0.2, -0.15) is 5.10 Å². The smallest absolute Gasteiger partial charge is 0.212 e. The van der Waals surface area contributed by atoms with Crippen LogP contribution in [0.4, 0.5) is 0 Å². The maximum absolute atomic E-state index is 6.03. The second-order valence-corrected chi connectivity index (χ2v) is 6.11. The van der Waals surface area contributed by atoms with Gasteiger partial charge in [0.15, 0.2) is 0 Å². The number of hydrogen-bond donors (Lipinski definition) is 1. The summed E-state index contributed by atoms with van der Waals surface area (Å²) in [4.78, 5) is 0. The number of nitrogens with zero attached hydrogens (tertiary/aromatic N) is 2. The molecule has 1 aromatic carbocycles. The standard InChI is InChI=1S/C18H25N3O/c1-19-12-17-11-18(22-14-16-9-3-2-4-10-16)21(20-17)13-15-7-5-6-8-15/h2-4,9-11,15,19H,5-8,12-14H2,1H3. The van der Waals surface area contributed by atoms with Gasteiger partial charge in [-0.3, -0.25) is 0 Å². The lowest BCUT2D eigenvalue weighted by molar-refractivity contribution is 0.261. The fourth-order valence-corrected chi connectivity index (χ4v) is 3.13. The first-order chi connectivity index (χ1) is 10.8. The van der Waals surface area contributed by atoms with Crippen molar-refractivity contribution in [3.8, 4) is 5.88 Å². The highest BCUT2D eigenvalue weighted by molar-refractivity contribution is 5.19. The molecule has 3 rings (SSSR count). The van der Waals surface area contributed by atoms with E-state index in [0.29, 0.717) is 6.61 Å². The van der Waals surface area contributed by atoms with Gasteiger partial charge in [-0.05, 0) is 31.4 Å². The van der Waals surface area contributed by atoms with Crippen molar-refractivity contribution < 1.29 is 4.74 Å². The van der Waals surface area contributed by atoms with Crippen LogP contribution in [0.2, 0.25) is 0 Å². The highest BCUT2D eigenvalue weighted by Gasteiger charge is 2.18. The summed E-state index contributed by atoms with van der Waals surface area (Å²) in [5.74, 6) is 1.64. The third-order valence-electron chi connectivity index (χ3n) is 4.29. The molecule has 0 saturated heterocycles. The summed E-state index contributed by atoms with van der Waals surface area (Å²) in [5, 5.41) is 7.87. The van der Waals surface area contributed by atoms with Gasteiger partial charge in [0.1, 0.15) is 6.61 Å². The van der Waals surface area contributed by atoms with Crippen molar-refractivity contribution in [2.75, 3.05) is 7.05 Å². The van der Waals surface area contributed by atoms with Gasteiger partial charge in [0, 0.05) is 19.2 Å². The molecular formula is C18H25N3O. The predicted octanol–water partition coefficient (Wildman–Crippen LogP) is 3.37. The van der Waals surface area contributed by atoms with Gasteiger partial charge in [-0.25, -0.2) is 4.68 Å². The summed E-state index contributed by atoms with van der Waals surface area (Å²) in [5.41, 5.74) is 2.23. The summed E-state index contributed by atoms with van der Waals surface area (Å²) < 4.78 is 8.09. The molecule has 1 aromatic heterocycles. The molecule has 1 saturated carbocycles. The Balaban J connectivity index is 1.69. The molecule has 2 aromatic rings. The minimum atomic E-state index is 0.593. The van der Waals surface area contributed by atoms with Gasteiger partial charge in [0.05, 0.1) is 5.69 Å². The van der Waals surface area contributed by atoms with E-state index in [1.165, 1.54) is 31.2 Å². The highest BCUT2D eigenvalue weighted by atomic mass is 16.5. The largest absolute Gasteiger partial charge is 0.473 e. The monoisotopic (exact) mass is 299 g/mol. The maximum atomic E-state index is 6.03. The Morgan fingerprint density at radius 2 is 2.00 bits per heavy atom. The Morgan fingerprint density at radius 1 is 1.23 bits per heavy atom. The number of aromatic nitrogens is 2. The molecule has 0 radical (unpaired) electrons. The van der Waals surface area contributed by atoms with Crippen LogP contribution in [-0.2, 0) is 19.7 Å². The first-order valence-corrected chi connectivity index (χ1v) is 8.23. The lowest BCUT2D eigenvalue weighted by Gasteiger charge is -2.13. The van der Waals surface area contributed by atoms with Crippen molar-refractivity contribution in [3.05, 3.63) is 47.7 Å². The molecule has 1 aliphatic carbocycles. The van der Waals surface area contributed by atoms with Gasteiger partial charge in [-0.1, -0.05) is 43.2 Å². The van der Waals surface area contributed by atoms with Gasteiger partial charge in [0.2, 0.25) is 5.88 Å². The van der Waals surface area contributed by atoms with Crippen molar-refractivity contribution in [1.29, 1.82) is 0 Å². The second-order valence-electron chi connectivity index (χ2n) is 6.11. The number of hydrogen-bond acceptors (Lipinski definition) is 3. The highest BCUT2D eigenvalue weighted by Crippen LogP contribution is 2.28. The fraction of sp³-hybridized carbons (Fsp3) is 0.500. The lowest BCUT2D eigenvalue weighted by atomic mass is 10.1. The third kappa shape index (κ3) is 3.89. The van der Waals surface area contributed by atoms with E-state index in [0.717, 1.165) is 30.6 Å². The van der Waals surface area contributed by atoms with E-state index < -0.39 is 0 Å². The summed E-state index contributed by atoms with van der Waals surface area (Å²) >= 11 is 0. The Morgan fingerprint density at radius 3 is 2.73 bits per heavy atom. The Bertz CT molecular complexity index is 573. The quantitative estimate of drug-likeness (QED) is 0.852. The van der Waals surface area contributed by atoms with Crippen LogP contribution in [-0.4, -0.2) is 16.8 Å². The molecule has 0 amide bonds. The molecule has 0 aliphatic heterocycles. The normalized spacial score (nSPS) is 15.3. The van der Waals surface area contributed by atoms with Crippen LogP contribution in [0.1, 0.15) is 36.9 Å². The molecule has 1 aliphatic rings. The van der Waals surface area contributed by atoms with E-state index in [1.54, 1.807) is 0 Å². The molecule has 1 fully saturated rings. The van der Waals surface area contributed by atoms with E-state index in [9.17, 15) is 0 Å². The molecule has 0 atom stereocenters. The summed E-state index contributed by atoms with van der Waals surface area (Å²) in [6.07, 6.45) is 5.35. The second kappa shape index (κ2) is 7.45. The fourth-order valence-electron chi connectivity index (χ4n) is 3.13. The zero-order chi connectivity index (χ0) is 15.2. The van der Waals surface area contributed by atoms with Crippen LogP contribution < -0.4 is 10.1 Å². The molecule has 4 heteroatoms. The van der Waals surface area contributed by atoms with Gasteiger partial charge >= 0.3 is 0 Å². The van der Waals surface area contributed by atoms with Crippen molar-refractivity contribution in [1.82, 2.24) is 15.1 Å². The predicted molar refractivity (Wildman–Crippen MR) is 87.7 cm³/mol. The summed E-state index contributed by atoms with van der Waals surface area (Å²) in [6, 6.07) is 12.4. The van der Waals surface area contributed by atoms with Gasteiger partial charge in [0.25, 0.3) is 0 Å². The molecule has 0 unspecified atom stereocenters. The van der Waals surface area contributed by atoms with E-state index >= 15 is 0 Å². The molecular weight excluding hydrogens is 274 g/mol. The molecule has 1 heterocycles. The van der Waals surface area contributed by atoms with Crippen LogP contribution in [0.15, 0.2) is 36.4 Å². The van der Waals surface area contributed by atoms with E-state index in [1.807, 2.05) is 25.2 Å². The topological polar surface area (TPSA) is 39.1 Å². The molecule has 1 N–H and O–H groups in total. The number of rotatable bonds is 7. The van der Waals surface area contributed by atoms with Crippen molar-refractivity contribution in [2.24, 2.45) is 5.92 Å². The van der Waals surface area contributed by atoms with Crippen molar-refractivity contribution >= 4 is 0 Å². The minimum absolute atomic E-state index is 0.593. The SMILES string of the molecule is CNCc1cc(OCc2ccccc2)n(CC2CCCC2)n1. The Hall–Kier alpha value is -1.81. The van der Waals surface area contributed by atoms with Crippen molar-refractivity contribution in [2.45, 2.75) is 45.4 Å². The average Bonchev–Trinajstić information content (AvgIpc) is 3.17. The Kier molecular flexibility index (Phi) is 5.11. The number of nitrogens with one attached hydrogen (secondary N) is 1. The molecule has 4 nitrogen and oxygen atoms in total. The molecule has 118 valence electrons. The zero-order valence-corrected chi connectivity index (χ0v) is 13.3. The van der Waals surface area contributed by atoms with E-state index in [-0.39, 0.29) is 0 Å². The molecule has 0 spiro atoms. The maximum Gasteiger partial charge on any atom is 0.212 e. The third-order valence-corrected chi connectivity index (χ3v) is 4.29. The summed E-state index contributed by atoms with van der Waals surface area (Å²) in [6.45, 7) is 2.35. The van der Waals surface area contributed by atoms with E-state index in [4.69, 9.17) is 9.84 Å². The first kappa shape index (κ1) is 15.1. The summed E-state index contributed by atoms with van der Waals surface area (Å²) in [7, 11) is 1.94. The lowest BCUT2D eigenvalue weighted by Crippen LogP contribution is -2.12. The van der Waals surface area contributed by atoms with Crippen LogP contribution in [0.5, 0.6) is 5.88 Å². The molecule has 0 bridgehead atoms. The van der Waals surface area contributed by atoms with Crippen LogP contribution in [0.25, 0.3) is 0 Å². The van der Waals surface area contributed by atoms with Crippen LogP contribution in [0.3, 0.4) is 0 Å². The van der Waals surface area contributed by atoms with Crippen molar-refractivity contribution in [3.63, 3.8) is 0 Å².